The molecule has 0 bridgehead atoms. The number of imidazole rings is 1. The summed E-state index contributed by atoms with van der Waals surface area (Å²) in [4.78, 5) is 25.1. The summed E-state index contributed by atoms with van der Waals surface area (Å²) in [5.41, 5.74) is 1.63. The first-order chi connectivity index (χ1) is 15.0. The highest BCUT2D eigenvalue weighted by Gasteiger charge is 2.27. The lowest BCUT2D eigenvalue weighted by Gasteiger charge is -2.40. The fourth-order valence-electron chi connectivity index (χ4n) is 5.86. The Morgan fingerprint density at radius 1 is 0.935 bits per heavy atom. The molecule has 1 amide bonds. The number of likely N-dealkylation sites (tertiary alicyclic amines) is 3. The second-order valence-corrected chi connectivity index (χ2v) is 9.92. The number of carbonyl (C=O) groups excluding carboxylic acids is 1. The molecule has 3 saturated heterocycles. The summed E-state index contributed by atoms with van der Waals surface area (Å²) in [5, 5.41) is 3.14. The minimum absolute atomic E-state index is 0.0181. The second-order valence-electron chi connectivity index (χ2n) is 9.92. The maximum atomic E-state index is 12.8. The van der Waals surface area contributed by atoms with E-state index in [0.29, 0.717) is 18.3 Å². The van der Waals surface area contributed by atoms with Crippen LogP contribution in [0.25, 0.3) is 0 Å². The Morgan fingerprint density at radius 3 is 2.26 bits per heavy atom. The molecular formula is C24H42N6O. The fraction of sp³-hybridized carbons (Fsp3) is 0.833. The molecule has 7 nitrogen and oxygen atoms in total. The molecule has 31 heavy (non-hydrogen) atoms. The minimum Gasteiger partial charge on any atom is -0.349 e. The molecule has 3 fully saturated rings. The third-order valence-electron chi connectivity index (χ3n) is 7.77. The van der Waals surface area contributed by atoms with Crippen molar-refractivity contribution in [1.82, 2.24) is 29.6 Å². The van der Waals surface area contributed by atoms with Crippen molar-refractivity contribution in [1.29, 1.82) is 0 Å². The number of amides is 1. The van der Waals surface area contributed by atoms with Crippen molar-refractivity contribution < 1.29 is 4.79 Å². The van der Waals surface area contributed by atoms with Crippen LogP contribution >= 0.6 is 0 Å². The maximum absolute atomic E-state index is 12.8. The normalized spacial score (nSPS) is 23.3. The fourth-order valence-corrected chi connectivity index (χ4v) is 5.86. The molecule has 4 rings (SSSR count). The summed E-state index contributed by atoms with van der Waals surface area (Å²) >= 11 is 0. The van der Waals surface area contributed by atoms with Crippen molar-refractivity contribution in [2.24, 2.45) is 0 Å². The highest BCUT2D eigenvalue weighted by Crippen LogP contribution is 2.26. The van der Waals surface area contributed by atoms with Gasteiger partial charge in [0.25, 0.3) is 5.91 Å². The molecule has 4 heterocycles. The Hall–Kier alpha value is -1.44. The van der Waals surface area contributed by atoms with Gasteiger partial charge in [-0.25, -0.2) is 4.98 Å². The Balaban J connectivity index is 1.23. The number of carbonyl (C=O) groups is 1. The molecular weight excluding hydrogens is 388 g/mol. The topological polar surface area (TPSA) is 56.6 Å². The highest BCUT2D eigenvalue weighted by molar-refractivity contribution is 5.93. The van der Waals surface area contributed by atoms with E-state index in [9.17, 15) is 4.79 Å². The van der Waals surface area contributed by atoms with E-state index in [4.69, 9.17) is 0 Å². The molecule has 3 aliphatic heterocycles. The van der Waals surface area contributed by atoms with Crippen molar-refractivity contribution in [3.63, 3.8) is 0 Å². The molecule has 0 atom stereocenters. The van der Waals surface area contributed by atoms with Gasteiger partial charge in [0.2, 0.25) is 0 Å². The summed E-state index contributed by atoms with van der Waals surface area (Å²) in [6.07, 6.45) is 8.95. The summed E-state index contributed by atoms with van der Waals surface area (Å²) in [7, 11) is 2.18. The van der Waals surface area contributed by atoms with Gasteiger partial charge in [-0.1, -0.05) is 6.42 Å². The number of nitrogens with zero attached hydrogens (tertiary/aromatic N) is 5. The Labute approximate surface area is 188 Å². The third kappa shape index (κ3) is 5.49. The zero-order chi connectivity index (χ0) is 21.8. The summed E-state index contributed by atoms with van der Waals surface area (Å²) in [5.74, 6) is 0.951. The molecule has 0 unspecified atom stereocenters. The lowest BCUT2D eigenvalue weighted by molar-refractivity contribution is 0.0878. The average Bonchev–Trinajstić information content (AvgIpc) is 3.09. The average molecular weight is 431 g/mol. The Bertz CT molecular complexity index is 725. The van der Waals surface area contributed by atoms with Crippen LogP contribution in [0.1, 0.15) is 73.0 Å². The van der Waals surface area contributed by atoms with Gasteiger partial charge in [-0.15, -0.1) is 0 Å². The van der Waals surface area contributed by atoms with Crippen molar-refractivity contribution in [2.45, 2.75) is 70.9 Å². The molecule has 0 saturated carbocycles. The highest BCUT2D eigenvalue weighted by atomic mass is 16.1. The largest absolute Gasteiger partial charge is 0.349 e. The predicted octanol–water partition coefficient (Wildman–Crippen LogP) is 2.45. The molecule has 1 aromatic rings. The van der Waals surface area contributed by atoms with Gasteiger partial charge >= 0.3 is 0 Å². The van der Waals surface area contributed by atoms with E-state index in [0.717, 1.165) is 63.1 Å². The summed E-state index contributed by atoms with van der Waals surface area (Å²) < 4.78 is 2.30. The first-order valence-corrected chi connectivity index (χ1v) is 12.5. The first kappa shape index (κ1) is 22.7. The van der Waals surface area contributed by atoms with Crippen LogP contribution in [0.2, 0.25) is 0 Å². The van der Waals surface area contributed by atoms with Crippen molar-refractivity contribution in [3.05, 3.63) is 17.2 Å². The molecule has 174 valence electrons. The number of nitrogens with one attached hydrogen (secondary N) is 1. The number of rotatable bonds is 6. The van der Waals surface area contributed by atoms with Crippen molar-refractivity contribution in [2.75, 3.05) is 59.4 Å². The van der Waals surface area contributed by atoms with E-state index in [1.54, 1.807) is 0 Å². The van der Waals surface area contributed by atoms with Crippen LogP contribution in [-0.4, -0.2) is 95.6 Å². The molecule has 0 spiro atoms. The predicted molar refractivity (Wildman–Crippen MR) is 125 cm³/mol. The number of hydrogen-bond acceptors (Lipinski definition) is 5. The van der Waals surface area contributed by atoms with Gasteiger partial charge in [-0.05, 0) is 98.7 Å². The number of piperidine rings is 3. The zero-order valence-electron chi connectivity index (χ0n) is 19.9. The van der Waals surface area contributed by atoms with Crippen LogP contribution in [0.15, 0.2) is 0 Å². The Kier molecular flexibility index (Phi) is 7.67. The molecule has 0 aromatic carbocycles. The van der Waals surface area contributed by atoms with E-state index >= 15 is 0 Å². The number of aromatic nitrogens is 2. The Morgan fingerprint density at radius 2 is 1.58 bits per heavy atom. The zero-order valence-corrected chi connectivity index (χ0v) is 19.9. The van der Waals surface area contributed by atoms with E-state index in [2.05, 4.69) is 43.5 Å². The summed E-state index contributed by atoms with van der Waals surface area (Å²) in [6.45, 7) is 12.8. The van der Waals surface area contributed by atoms with Crippen LogP contribution in [0, 0.1) is 13.8 Å². The van der Waals surface area contributed by atoms with E-state index < -0.39 is 0 Å². The van der Waals surface area contributed by atoms with E-state index in [1.807, 2.05) is 6.92 Å². The second kappa shape index (κ2) is 10.5. The SMILES string of the molecule is Cc1nc(C(=O)NCCN2CCC(N3CCCCC3)CC2)c(C)n1C1CCN(C)CC1. The van der Waals surface area contributed by atoms with Crippen molar-refractivity contribution in [3.8, 4) is 0 Å². The van der Waals surface area contributed by atoms with Gasteiger partial charge in [-0.3, -0.25) is 4.79 Å². The van der Waals surface area contributed by atoms with Gasteiger partial charge in [0.1, 0.15) is 11.5 Å². The van der Waals surface area contributed by atoms with Gasteiger partial charge in [0.05, 0.1) is 0 Å². The van der Waals surface area contributed by atoms with Crippen LogP contribution < -0.4 is 5.32 Å². The molecule has 3 aliphatic rings. The standard InChI is InChI=1S/C24H42N6O/c1-19-23(26-20(2)30(19)22-7-14-27(3)15-8-22)24(31)25-11-18-28-16-9-21(10-17-28)29-12-5-4-6-13-29/h21-22H,4-18H2,1-3H3,(H,25,31). The quantitative estimate of drug-likeness (QED) is 0.751. The van der Waals surface area contributed by atoms with Gasteiger partial charge in [0, 0.05) is 30.9 Å². The van der Waals surface area contributed by atoms with Crippen LogP contribution in [0.3, 0.4) is 0 Å². The van der Waals surface area contributed by atoms with E-state index in [1.165, 1.54) is 45.2 Å². The lowest BCUT2D eigenvalue weighted by atomic mass is 10.00. The van der Waals surface area contributed by atoms with Gasteiger partial charge < -0.3 is 24.6 Å². The monoisotopic (exact) mass is 430 g/mol. The smallest absolute Gasteiger partial charge is 0.271 e. The molecule has 0 aliphatic carbocycles. The van der Waals surface area contributed by atoms with Crippen molar-refractivity contribution >= 4 is 5.91 Å². The van der Waals surface area contributed by atoms with E-state index in [-0.39, 0.29) is 5.91 Å². The summed E-state index contributed by atoms with van der Waals surface area (Å²) in [6, 6.07) is 1.24. The van der Waals surface area contributed by atoms with Crippen LogP contribution in [-0.2, 0) is 0 Å². The maximum Gasteiger partial charge on any atom is 0.271 e. The number of hydrogen-bond donors (Lipinski definition) is 1. The molecule has 1 N–H and O–H groups in total. The van der Waals surface area contributed by atoms with Gasteiger partial charge in [-0.2, -0.15) is 0 Å². The lowest BCUT2D eigenvalue weighted by Crippen LogP contribution is -2.48. The van der Waals surface area contributed by atoms with Crippen LogP contribution in [0.4, 0.5) is 0 Å². The number of aryl methyl sites for hydroxylation is 1. The van der Waals surface area contributed by atoms with Crippen LogP contribution in [0.5, 0.6) is 0 Å². The molecule has 1 aromatic heterocycles. The minimum atomic E-state index is -0.0181. The first-order valence-electron chi connectivity index (χ1n) is 12.5. The molecule has 7 heteroatoms. The van der Waals surface area contributed by atoms with Gasteiger partial charge in [0.15, 0.2) is 0 Å². The third-order valence-corrected chi connectivity index (χ3v) is 7.77. The molecule has 0 radical (unpaired) electrons.